The lowest BCUT2D eigenvalue weighted by molar-refractivity contribution is -0.115. The van der Waals surface area contributed by atoms with Crippen LogP contribution in [0.3, 0.4) is 0 Å². The Morgan fingerprint density at radius 2 is 1.64 bits per heavy atom. The highest BCUT2D eigenvalue weighted by Gasteiger charge is 2.25. The molecule has 1 saturated heterocycles. The average Bonchev–Trinajstić information content (AvgIpc) is 2.63. The number of hydrogen-bond acceptors (Lipinski definition) is 4. The van der Waals surface area contributed by atoms with Crippen molar-refractivity contribution in [1.82, 2.24) is 9.29 Å². The summed E-state index contributed by atoms with van der Waals surface area (Å²) >= 11 is 0. The van der Waals surface area contributed by atoms with Crippen LogP contribution in [0, 0.1) is 0 Å². The summed E-state index contributed by atoms with van der Waals surface area (Å²) in [6, 6.07) is 9.99. The van der Waals surface area contributed by atoms with E-state index in [2.05, 4.69) is 10.3 Å². The number of benzene rings is 1. The highest BCUT2D eigenvalue weighted by Crippen LogP contribution is 2.21. The first-order valence-corrected chi connectivity index (χ1v) is 9.79. The van der Waals surface area contributed by atoms with Crippen LogP contribution >= 0.6 is 0 Å². The van der Waals surface area contributed by atoms with Crippen molar-refractivity contribution >= 4 is 21.6 Å². The van der Waals surface area contributed by atoms with E-state index in [4.69, 9.17) is 0 Å². The molecule has 2 heterocycles. The van der Waals surface area contributed by atoms with Crippen LogP contribution in [0.15, 0.2) is 53.7 Å². The second-order valence-electron chi connectivity index (χ2n) is 6.07. The predicted molar refractivity (Wildman–Crippen MR) is 95.6 cm³/mol. The summed E-state index contributed by atoms with van der Waals surface area (Å²) in [7, 11) is -3.43. The zero-order valence-electron chi connectivity index (χ0n) is 13.9. The molecule has 1 amide bonds. The quantitative estimate of drug-likeness (QED) is 0.889. The third-order valence-electron chi connectivity index (χ3n) is 4.20. The molecule has 0 unspecified atom stereocenters. The minimum atomic E-state index is -3.43. The fourth-order valence-electron chi connectivity index (χ4n) is 2.86. The lowest BCUT2D eigenvalue weighted by atomic mass is 10.1. The van der Waals surface area contributed by atoms with Crippen molar-refractivity contribution in [2.45, 2.75) is 30.6 Å². The van der Waals surface area contributed by atoms with Gasteiger partial charge in [-0.3, -0.25) is 9.78 Å². The van der Waals surface area contributed by atoms with Gasteiger partial charge in [-0.1, -0.05) is 18.6 Å². The van der Waals surface area contributed by atoms with E-state index in [1.54, 1.807) is 53.1 Å². The zero-order valence-corrected chi connectivity index (χ0v) is 14.7. The van der Waals surface area contributed by atoms with Crippen LogP contribution < -0.4 is 5.32 Å². The van der Waals surface area contributed by atoms with Crippen LogP contribution in [-0.2, 0) is 21.2 Å². The number of hydrogen-bond donors (Lipinski definition) is 1. The van der Waals surface area contributed by atoms with Gasteiger partial charge in [0.05, 0.1) is 11.3 Å². The van der Waals surface area contributed by atoms with Crippen molar-refractivity contribution in [2.75, 3.05) is 18.4 Å². The standard InChI is InChI=1S/C18H21N3O3S/c22-18(20-16-8-10-19-11-9-16)14-15-4-6-17(7-5-15)25(23,24)21-12-2-1-3-13-21/h4-11H,1-3,12-14H2,(H,19,20,22). The summed E-state index contributed by atoms with van der Waals surface area (Å²) in [6.07, 6.45) is 6.30. The van der Waals surface area contributed by atoms with E-state index in [0.29, 0.717) is 18.8 Å². The van der Waals surface area contributed by atoms with Crippen molar-refractivity contribution in [2.24, 2.45) is 0 Å². The summed E-state index contributed by atoms with van der Waals surface area (Å²) in [6.45, 7) is 1.16. The molecule has 0 spiro atoms. The van der Waals surface area contributed by atoms with Crippen LogP contribution in [0.1, 0.15) is 24.8 Å². The molecule has 1 aliphatic heterocycles. The molecule has 1 fully saturated rings. The zero-order chi connectivity index (χ0) is 17.7. The summed E-state index contributed by atoms with van der Waals surface area (Å²) in [4.78, 5) is 16.2. The third kappa shape index (κ3) is 4.43. The minimum Gasteiger partial charge on any atom is -0.326 e. The van der Waals surface area contributed by atoms with Gasteiger partial charge < -0.3 is 5.32 Å². The number of rotatable bonds is 5. The van der Waals surface area contributed by atoms with Gasteiger partial charge in [0.2, 0.25) is 15.9 Å². The van der Waals surface area contributed by atoms with E-state index in [-0.39, 0.29) is 17.2 Å². The summed E-state index contributed by atoms with van der Waals surface area (Å²) in [5.74, 6) is -0.155. The first-order chi connectivity index (χ1) is 12.1. The van der Waals surface area contributed by atoms with E-state index in [0.717, 1.165) is 24.8 Å². The molecule has 25 heavy (non-hydrogen) atoms. The number of pyridine rings is 1. The molecule has 1 aliphatic rings. The van der Waals surface area contributed by atoms with Crippen molar-refractivity contribution < 1.29 is 13.2 Å². The van der Waals surface area contributed by atoms with Gasteiger partial charge in [-0.25, -0.2) is 8.42 Å². The SMILES string of the molecule is O=C(Cc1ccc(S(=O)(=O)N2CCCCC2)cc1)Nc1ccncc1. The number of amides is 1. The Labute approximate surface area is 147 Å². The van der Waals surface area contributed by atoms with Crippen molar-refractivity contribution in [1.29, 1.82) is 0 Å². The number of piperidine rings is 1. The average molecular weight is 359 g/mol. The fraction of sp³-hybridized carbons (Fsp3) is 0.333. The molecule has 0 atom stereocenters. The van der Waals surface area contributed by atoms with E-state index >= 15 is 0 Å². The highest BCUT2D eigenvalue weighted by molar-refractivity contribution is 7.89. The van der Waals surface area contributed by atoms with Gasteiger partial charge in [-0.15, -0.1) is 0 Å². The predicted octanol–water partition coefficient (Wildman–Crippen LogP) is 2.44. The molecule has 3 rings (SSSR count). The van der Waals surface area contributed by atoms with Crippen molar-refractivity contribution in [3.8, 4) is 0 Å². The van der Waals surface area contributed by atoms with Crippen molar-refractivity contribution in [3.63, 3.8) is 0 Å². The Kier molecular flexibility index (Phi) is 5.45. The number of aromatic nitrogens is 1. The smallest absolute Gasteiger partial charge is 0.243 e. The summed E-state index contributed by atoms with van der Waals surface area (Å²) in [5, 5.41) is 2.78. The van der Waals surface area contributed by atoms with E-state index in [1.165, 1.54) is 0 Å². The number of anilines is 1. The molecule has 0 aliphatic carbocycles. The van der Waals surface area contributed by atoms with Gasteiger partial charge in [-0.2, -0.15) is 4.31 Å². The number of nitrogens with zero attached hydrogens (tertiary/aromatic N) is 2. The lowest BCUT2D eigenvalue weighted by Gasteiger charge is -2.25. The molecule has 1 N–H and O–H groups in total. The van der Waals surface area contributed by atoms with Gasteiger partial charge >= 0.3 is 0 Å². The summed E-state index contributed by atoms with van der Waals surface area (Å²) in [5.41, 5.74) is 1.45. The second-order valence-corrected chi connectivity index (χ2v) is 8.01. The van der Waals surface area contributed by atoms with Crippen LogP contribution in [0.25, 0.3) is 0 Å². The maximum atomic E-state index is 12.6. The van der Waals surface area contributed by atoms with Gasteiger partial charge in [0, 0.05) is 31.2 Å². The van der Waals surface area contributed by atoms with Crippen LogP contribution in [0.2, 0.25) is 0 Å². The first kappa shape index (κ1) is 17.6. The maximum absolute atomic E-state index is 12.6. The Morgan fingerprint density at radius 3 is 2.28 bits per heavy atom. The normalized spacial score (nSPS) is 15.7. The van der Waals surface area contributed by atoms with E-state index in [9.17, 15) is 13.2 Å². The van der Waals surface area contributed by atoms with Crippen LogP contribution in [0.4, 0.5) is 5.69 Å². The van der Waals surface area contributed by atoms with Crippen LogP contribution in [0.5, 0.6) is 0 Å². The molecule has 132 valence electrons. The Morgan fingerprint density at radius 1 is 1.00 bits per heavy atom. The van der Waals surface area contributed by atoms with Crippen LogP contribution in [-0.4, -0.2) is 36.7 Å². The highest BCUT2D eigenvalue weighted by atomic mass is 32.2. The molecule has 0 radical (unpaired) electrons. The lowest BCUT2D eigenvalue weighted by Crippen LogP contribution is -2.35. The number of carbonyl (C=O) groups is 1. The topological polar surface area (TPSA) is 79.4 Å². The first-order valence-electron chi connectivity index (χ1n) is 8.35. The molecular formula is C18H21N3O3S. The number of sulfonamides is 1. The van der Waals surface area contributed by atoms with Gasteiger partial charge in [0.15, 0.2) is 0 Å². The Bertz CT molecular complexity index is 814. The summed E-state index contributed by atoms with van der Waals surface area (Å²) < 4.78 is 26.7. The third-order valence-corrected chi connectivity index (χ3v) is 6.12. The Hall–Kier alpha value is -2.25. The van der Waals surface area contributed by atoms with E-state index in [1.807, 2.05) is 0 Å². The molecule has 1 aromatic carbocycles. The molecule has 7 heteroatoms. The minimum absolute atomic E-state index is 0.155. The molecule has 0 bridgehead atoms. The molecule has 0 saturated carbocycles. The number of nitrogens with one attached hydrogen (secondary N) is 1. The molecule has 2 aromatic rings. The molecular weight excluding hydrogens is 338 g/mol. The number of carbonyl (C=O) groups excluding carboxylic acids is 1. The largest absolute Gasteiger partial charge is 0.326 e. The maximum Gasteiger partial charge on any atom is 0.243 e. The van der Waals surface area contributed by atoms with Crippen molar-refractivity contribution in [3.05, 3.63) is 54.4 Å². The van der Waals surface area contributed by atoms with E-state index < -0.39 is 10.0 Å². The van der Waals surface area contributed by atoms with Gasteiger partial charge in [0.1, 0.15) is 0 Å². The fourth-order valence-corrected chi connectivity index (χ4v) is 4.38. The second kappa shape index (κ2) is 7.76. The molecule has 6 nitrogen and oxygen atoms in total. The Balaban J connectivity index is 1.64. The van der Waals surface area contributed by atoms with Gasteiger partial charge in [-0.05, 0) is 42.7 Å². The molecule has 1 aromatic heterocycles. The monoisotopic (exact) mass is 359 g/mol. The van der Waals surface area contributed by atoms with Gasteiger partial charge in [0.25, 0.3) is 0 Å².